The highest BCUT2D eigenvalue weighted by Gasteiger charge is 2.01. The summed E-state index contributed by atoms with van der Waals surface area (Å²) in [6.07, 6.45) is 4.77. The topological polar surface area (TPSA) is 33.6 Å². The van der Waals surface area contributed by atoms with Gasteiger partial charge in [0.15, 0.2) is 0 Å². The maximum atomic E-state index is 4.76. The molecule has 0 radical (unpaired) electrons. The molecule has 0 saturated carbocycles. The second kappa shape index (κ2) is 4.28. The van der Waals surface area contributed by atoms with Gasteiger partial charge in [-0.1, -0.05) is 6.42 Å². The van der Waals surface area contributed by atoms with Gasteiger partial charge in [0, 0.05) is 13.0 Å². The Morgan fingerprint density at radius 1 is 1.40 bits per heavy atom. The van der Waals surface area contributed by atoms with Gasteiger partial charge < -0.3 is 0 Å². The van der Waals surface area contributed by atoms with Crippen molar-refractivity contribution in [3.05, 3.63) is 0 Å². The van der Waals surface area contributed by atoms with Crippen LogP contribution in [-0.2, 0) is 4.84 Å². The van der Waals surface area contributed by atoms with Crippen molar-refractivity contribution in [1.29, 1.82) is 0 Å². The summed E-state index contributed by atoms with van der Waals surface area (Å²) in [5, 5.41) is 0. The van der Waals surface area contributed by atoms with E-state index in [1.807, 2.05) is 0 Å². The molecule has 0 aromatic rings. The van der Waals surface area contributed by atoms with Crippen molar-refractivity contribution < 1.29 is 4.84 Å². The molecule has 0 saturated heterocycles. The normalized spacial score (nSPS) is 19.5. The fraction of sp³-hybridized carbons (Fsp3) is 0.857. The fourth-order valence-corrected chi connectivity index (χ4v) is 1.08. The summed E-state index contributed by atoms with van der Waals surface area (Å²) in [7, 11) is 1.62. The van der Waals surface area contributed by atoms with Crippen LogP contribution >= 0.6 is 0 Å². The molecule has 0 aromatic carbocycles. The monoisotopic (exact) mass is 142 g/mol. The van der Waals surface area contributed by atoms with Gasteiger partial charge in [-0.15, -0.1) is 0 Å². The average Bonchev–Trinajstić information content (AvgIpc) is 2.17. The quantitative estimate of drug-likeness (QED) is 0.556. The van der Waals surface area contributed by atoms with Gasteiger partial charge in [-0.05, 0) is 12.8 Å². The Hall–Kier alpha value is -0.570. The van der Waals surface area contributed by atoms with E-state index in [1.165, 1.54) is 19.3 Å². The lowest BCUT2D eigenvalue weighted by atomic mass is 10.2. The lowest BCUT2D eigenvalue weighted by Crippen LogP contribution is -2.21. The van der Waals surface area contributed by atoms with E-state index in [4.69, 9.17) is 4.84 Å². The van der Waals surface area contributed by atoms with Gasteiger partial charge >= 0.3 is 0 Å². The Bertz CT molecular complexity index is 123. The van der Waals surface area contributed by atoms with Crippen LogP contribution in [0.15, 0.2) is 4.99 Å². The zero-order valence-corrected chi connectivity index (χ0v) is 6.39. The van der Waals surface area contributed by atoms with Crippen LogP contribution in [0.3, 0.4) is 0 Å². The van der Waals surface area contributed by atoms with Gasteiger partial charge in [-0.25, -0.2) is 0 Å². The van der Waals surface area contributed by atoms with Gasteiger partial charge in [0.05, 0.1) is 7.11 Å². The summed E-state index contributed by atoms with van der Waals surface area (Å²) in [6, 6.07) is 0. The standard InChI is InChI=1S/C7H14N2O/c1-10-9-7-5-3-2-4-6-8-7/h2-6H2,1H3,(H,8,9). The van der Waals surface area contributed by atoms with Crippen molar-refractivity contribution in [1.82, 2.24) is 5.48 Å². The second-order valence-electron chi connectivity index (χ2n) is 2.45. The maximum absolute atomic E-state index is 4.76. The smallest absolute Gasteiger partial charge is 0.120 e. The molecule has 1 rings (SSSR count). The lowest BCUT2D eigenvalue weighted by molar-refractivity contribution is 0.142. The van der Waals surface area contributed by atoms with Crippen LogP contribution in [0.4, 0.5) is 0 Å². The number of rotatable bonds is 1. The SMILES string of the molecule is CONC1=NCCCCC1. The maximum Gasteiger partial charge on any atom is 0.120 e. The number of nitrogens with zero attached hydrogens (tertiary/aromatic N) is 1. The van der Waals surface area contributed by atoms with Gasteiger partial charge in [-0.3, -0.25) is 15.3 Å². The third-order valence-electron chi connectivity index (χ3n) is 1.59. The minimum Gasteiger partial charge on any atom is -0.278 e. The third-order valence-corrected chi connectivity index (χ3v) is 1.59. The molecular weight excluding hydrogens is 128 g/mol. The van der Waals surface area contributed by atoms with Crippen LogP contribution in [0, 0.1) is 0 Å². The Morgan fingerprint density at radius 2 is 2.30 bits per heavy atom. The minimum atomic E-state index is 0.950. The van der Waals surface area contributed by atoms with Gasteiger partial charge in [0.1, 0.15) is 5.84 Å². The largest absolute Gasteiger partial charge is 0.278 e. The van der Waals surface area contributed by atoms with Crippen molar-refractivity contribution in [3.8, 4) is 0 Å². The van der Waals surface area contributed by atoms with Crippen LogP contribution in [-0.4, -0.2) is 19.5 Å². The zero-order chi connectivity index (χ0) is 7.23. The van der Waals surface area contributed by atoms with E-state index in [9.17, 15) is 0 Å². The van der Waals surface area contributed by atoms with Crippen LogP contribution in [0.2, 0.25) is 0 Å². The van der Waals surface area contributed by atoms with Gasteiger partial charge in [0.25, 0.3) is 0 Å². The first-order valence-corrected chi connectivity index (χ1v) is 3.76. The van der Waals surface area contributed by atoms with Crippen molar-refractivity contribution in [3.63, 3.8) is 0 Å². The second-order valence-corrected chi connectivity index (χ2v) is 2.45. The summed E-state index contributed by atoms with van der Waals surface area (Å²) < 4.78 is 0. The van der Waals surface area contributed by atoms with Gasteiger partial charge in [0.2, 0.25) is 0 Å². The van der Waals surface area contributed by atoms with E-state index in [0.717, 1.165) is 18.8 Å². The molecule has 58 valence electrons. The highest BCUT2D eigenvalue weighted by Crippen LogP contribution is 2.05. The van der Waals surface area contributed by atoms with Crippen LogP contribution < -0.4 is 5.48 Å². The summed E-state index contributed by atoms with van der Waals surface area (Å²) >= 11 is 0. The molecule has 3 heteroatoms. The van der Waals surface area contributed by atoms with Crippen LogP contribution in [0.1, 0.15) is 25.7 Å². The molecule has 1 heterocycles. The Labute approximate surface area is 61.4 Å². The highest BCUT2D eigenvalue weighted by molar-refractivity contribution is 5.81. The molecule has 0 amide bonds. The molecule has 10 heavy (non-hydrogen) atoms. The van der Waals surface area contributed by atoms with Crippen molar-refractivity contribution in [2.75, 3.05) is 13.7 Å². The summed E-state index contributed by atoms with van der Waals surface area (Å²) in [5.41, 5.74) is 2.77. The van der Waals surface area contributed by atoms with E-state index >= 15 is 0 Å². The first-order valence-electron chi connectivity index (χ1n) is 3.76. The number of nitrogens with one attached hydrogen (secondary N) is 1. The Morgan fingerprint density at radius 3 is 3.10 bits per heavy atom. The summed E-state index contributed by atoms with van der Waals surface area (Å²) in [5.74, 6) is 1.00. The molecule has 0 atom stereocenters. The van der Waals surface area contributed by atoms with Crippen molar-refractivity contribution in [2.45, 2.75) is 25.7 Å². The molecule has 1 N–H and O–H groups in total. The average molecular weight is 142 g/mol. The molecule has 1 aliphatic heterocycles. The van der Waals surface area contributed by atoms with E-state index in [-0.39, 0.29) is 0 Å². The number of amidine groups is 1. The minimum absolute atomic E-state index is 0.950. The van der Waals surface area contributed by atoms with Crippen LogP contribution in [0.5, 0.6) is 0 Å². The summed E-state index contributed by atoms with van der Waals surface area (Å²) in [4.78, 5) is 9.05. The molecular formula is C7H14N2O. The molecule has 0 bridgehead atoms. The summed E-state index contributed by atoms with van der Waals surface area (Å²) in [6.45, 7) is 0.950. The first kappa shape index (κ1) is 7.54. The first-order chi connectivity index (χ1) is 4.93. The molecule has 1 aliphatic rings. The zero-order valence-electron chi connectivity index (χ0n) is 6.39. The van der Waals surface area contributed by atoms with E-state index in [0.29, 0.717) is 0 Å². The van der Waals surface area contributed by atoms with Gasteiger partial charge in [-0.2, -0.15) is 0 Å². The number of aliphatic imine (C=N–C) groups is 1. The molecule has 0 fully saturated rings. The number of hydrogen-bond acceptors (Lipinski definition) is 3. The molecule has 0 aliphatic carbocycles. The third kappa shape index (κ3) is 2.35. The highest BCUT2D eigenvalue weighted by atomic mass is 16.6. The molecule has 0 aromatic heterocycles. The number of hydrogen-bond donors (Lipinski definition) is 1. The van der Waals surface area contributed by atoms with E-state index in [1.54, 1.807) is 7.11 Å². The molecule has 0 spiro atoms. The molecule has 3 nitrogen and oxygen atoms in total. The number of hydroxylamine groups is 1. The lowest BCUT2D eigenvalue weighted by Gasteiger charge is -2.03. The predicted octanol–water partition coefficient (Wildman–Crippen LogP) is 1.11. The van der Waals surface area contributed by atoms with Crippen LogP contribution in [0.25, 0.3) is 0 Å². The van der Waals surface area contributed by atoms with Crippen molar-refractivity contribution >= 4 is 5.84 Å². The Balaban J connectivity index is 2.31. The molecule has 0 unspecified atom stereocenters. The van der Waals surface area contributed by atoms with E-state index in [2.05, 4.69) is 10.5 Å². The Kier molecular flexibility index (Phi) is 3.22. The van der Waals surface area contributed by atoms with E-state index < -0.39 is 0 Å². The predicted molar refractivity (Wildman–Crippen MR) is 40.9 cm³/mol. The fourth-order valence-electron chi connectivity index (χ4n) is 1.08. The van der Waals surface area contributed by atoms with Crippen molar-refractivity contribution in [2.24, 2.45) is 4.99 Å².